The van der Waals surface area contributed by atoms with Gasteiger partial charge < -0.3 is 9.64 Å². The molecule has 2 aromatic rings. The predicted octanol–water partition coefficient (Wildman–Crippen LogP) is 6.78. The Morgan fingerprint density at radius 2 is 1.43 bits per heavy atom. The number of hydrogen-bond donors (Lipinski definition) is 0. The van der Waals surface area contributed by atoms with Crippen molar-refractivity contribution in [1.29, 1.82) is 0 Å². The second kappa shape index (κ2) is 9.52. The predicted molar refractivity (Wildman–Crippen MR) is 129 cm³/mol. The second-order valence-electron chi connectivity index (χ2n) is 7.52. The summed E-state index contributed by atoms with van der Waals surface area (Å²) in [6, 6.07) is 20.9. The van der Waals surface area contributed by atoms with Crippen LogP contribution in [0.1, 0.15) is 39.5 Å². The fraction of sp³-hybridized carbons (Fsp3) is 0.400. The molecule has 1 unspecified atom stereocenters. The van der Waals surface area contributed by atoms with E-state index in [0.29, 0.717) is 0 Å². The summed E-state index contributed by atoms with van der Waals surface area (Å²) in [7, 11) is 0. The molecule has 1 aliphatic heterocycles. The lowest BCUT2D eigenvalue weighted by Crippen LogP contribution is -2.57. The zero-order valence-electron chi connectivity index (χ0n) is 17.7. The molecule has 2 aromatic carbocycles. The Bertz CT molecular complexity index is 852. The highest BCUT2D eigenvalue weighted by Gasteiger charge is 2.56. The van der Waals surface area contributed by atoms with Crippen molar-refractivity contribution in [2.75, 3.05) is 16.4 Å². The number of ether oxygens (including phenoxy) is 1. The number of hydrogen-bond acceptors (Lipinski definition) is 5. The third-order valence-electron chi connectivity index (χ3n) is 5.69. The lowest BCUT2D eigenvalue weighted by molar-refractivity contribution is -0.141. The van der Waals surface area contributed by atoms with Crippen molar-refractivity contribution in [2.45, 2.75) is 49.7 Å². The topological polar surface area (TPSA) is 29.5 Å². The van der Waals surface area contributed by atoms with Gasteiger partial charge in [0.1, 0.15) is 5.76 Å². The molecule has 0 aromatic heterocycles. The van der Waals surface area contributed by atoms with Crippen LogP contribution in [0.4, 0.5) is 11.4 Å². The minimum absolute atomic E-state index is 0.0752. The van der Waals surface area contributed by atoms with Gasteiger partial charge >= 0.3 is 5.97 Å². The molecular formula is C25H29NO2S2. The lowest BCUT2D eigenvalue weighted by Gasteiger charge is -2.49. The number of allylic oxidation sites excluding steroid dienone is 1. The van der Waals surface area contributed by atoms with E-state index in [-0.39, 0.29) is 12.0 Å². The Labute approximate surface area is 188 Å². The Morgan fingerprint density at radius 1 is 0.900 bits per heavy atom. The van der Waals surface area contributed by atoms with Crippen molar-refractivity contribution in [1.82, 2.24) is 0 Å². The standard InChI is InChI=1S/C25H29NO2S2/c1-3-29-25(30-4-2)23(21-17-11-12-18-22(21)28-24(25)27)26(19-13-7-5-8-14-19)20-15-9-6-10-16-20/h5-10,13-16,23H,3-4,11-12,17-18H2,1-2H3. The normalized spacial score (nSPS) is 20.5. The first-order valence-electron chi connectivity index (χ1n) is 10.8. The zero-order chi connectivity index (χ0) is 21.0. The van der Waals surface area contributed by atoms with Crippen LogP contribution >= 0.6 is 23.5 Å². The number of nitrogens with zero attached hydrogens (tertiary/aromatic N) is 1. The van der Waals surface area contributed by atoms with Crippen molar-refractivity contribution in [3.05, 3.63) is 72.0 Å². The molecule has 0 saturated carbocycles. The quantitative estimate of drug-likeness (QED) is 0.350. The van der Waals surface area contributed by atoms with Crippen LogP contribution in [0.2, 0.25) is 0 Å². The second-order valence-corrected chi connectivity index (χ2v) is 10.8. The van der Waals surface area contributed by atoms with Crippen LogP contribution < -0.4 is 4.90 Å². The molecule has 0 bridgehead atoms. The van der Waals surface area contributed by atoms with Crippen molar-refractivity contribution in [2.24, 2.45) is 0 Å². The maximum atomic E-state index is 13.6. The van der Waals surface area contributed by atoms with Crippen LogP contribution in [0, 0.1) is 0 Å². The molecule has 4 rings (SSSR count). The molecular weight excluding hydrogens is 410 g/mol. The average molecular weight is 440 g/mol. The first-order chi connectivity index (χ1) is 14.7. The van der Waals surface area contributed by atoms with Crippen molar-refractivity contribution >= 4 is 40.9 Å². The van der Waals surface area contributed by atoms with E-state index in [9.17, 15) is 4.79 Å². The molecule has 0 fully saturated rings. The van der Waals surface area contributed by atoms with Gasteiger partial charge in [-0.05, 0) is 60.6 Å². The van der Waals surface area contributed by atoms with Crippen molar-refractivity contribution in [3.63, 3.8) is 0 Å². The summed E-state index contributed by atoms with van der Waals surface area (Å²) in [4.78, 5) is 16.0. The fourth-order valence-corrected chi connectivity index (χ4v) is 7.56. The monoisotopic (exact) mass is 439 g/mol. The van der Waals surface area contributed by atoms with Gasteiger partial charge in [-0.2, -0.15) is 0 Å². The zero-order valence-corrected chi connectivity index (χ0v) is 19.3. The summed E-state index contributed by atoms with van der Waals surface area (Å²) >= 11 is 3.45. The van der Waals surface area contributed by atoms with E-state index in [0.717, 1.165) is 54.3 Å². The van der Waals surface area contributed by atoms with Gasteiger partial charge in [-0.3, -0.25) is 0 Å². The fourth-order valence-electron chi connectivity index (χ4n) is 4.53. The highest BCUT2D eigenvalue weighted by Crippen LogP contribution is 2.53. The number of anilines is 2. The van der Waals surface area contributed by atoms with Crippen LogP contribution in [0.5, 0.6) is 0 Å². The summed E-state index contributed by atoms with van der Waals surface area (Å²) in [6.07, 6.45) is 4.08. The van der Waals surface area contributed by atoms with Crippen LogP contribution in [-0.2, 0) is 9.53 Å². The molecule has 5 heteroatoms. The molecule has 3 nitrogen and oxygen atoms in total. The van der Waals surface area contributed by atoms with Gasteiger partial charge in [-0.1, -0.05) is 50.2 Å². The molecule has 0 saturated heterocycles. The Hall–Kier alpha value is -1.85. The van der Waals surface area contributed by atoms with Gasteiger partial charge in [0.2, 0.25) is 0 Å². The Balaban J connectivity index is 1.96. The summed E-state index contributed by atoms with van der Waals surface area (Å²) in [6.45, 7) is 4.26. The Morgan fingerprint density at radius 3 is 1.97 bits per heavy atom. The number of carbonyl (C=O) groups excluding carboxylic acids is 1. The SMILES string of the molecule is CCSC1(SCC)C(=O)OC2=C(CCCC2)C1N(c1ccccc1)c1ccccc1. The summed E-state index contributed by atoms with van der Waals surface area (Å²) in [5.74, 6) is 2.54. The molecule has 0 radical (unpaired) electrons. The van der Waals surface area contributed by atoms with Gasteiger partial charge in [0, 0.05) is 17.8 Å². The number of para-hydroxylation sites is 2. The molecule has 0 N–H and O–H groups in total. The molecule has 2 aliphatic rings. The largest absolute Gasteiger partial charge is 0.429 e. The number of esters is 1. The summed E-state index contributed by atoms with van der Waals surface area (Å²) < 4.78 is 5.35. The lowest BCUT2D eigenvalue weighted by atomic mass is 9.86. The van der Waals surface area contributed by atoms with Gasteiger partial charge in [-0.15, -0.1) is 23.5 Å². The van der Waals surface area contributed by atoms with Crippen LogP contribution in [-0.4, -0.2) is 27.6 Å². The Kier molecular flexibility index (Phi) is 6.79. The third-order valence-corrected chi connectivity index (χ3v) is 8.62. The highest BCUT2D eigenvalue weighted by molar-refractivity contribution is 8.19. The van der Waals surface area contributed by atoms with Gasteiger partial charge in [-0.25, -0.2) is 4.79 Å². The maximum absolute atomic E-state index is 13.6. The van der Waals surface area contributed by atoms with E-state index in [2.05, 4.69) is 67.3 Å². The third kappa shape index (κ3) is 3.90. The van der Waals surface area contributed by atoms with Gasteiger partial charge in [0.05, 0.1) is 6.04 Å². The van der Waals surface area contributed by atoms with Gasteiger partial charge in [0.25, 0.3) is 0 Å². The van der Waals surface area contributed by atoms with Crippen LogP contribution in [0.15, 0.2) is 72.0 Å². The molecule has 1 atom stereocenters. The first-order valence-corrected chi connectivity index (χ1v) is 12.8. The van der Waals surface area contributed by atoms with E-state index in [1.807, 2.05) is 12.1 Å². The summed E-state index contributed by atoms with van der Waals surface area (Å²) in [5, 5.41) is 0. The summed E-state index contributed by atoms with van der Waals surface area (Å²) in [5.41, 5.74) is 3.52. The van der Waals surface area contributed by atoms with E-state index in [4.69, 9.17) is 4.74 Å². The van der Waals surface area contributed by atoms with Crippen molar-refractivity contribution < 1.29 is 9.53 Å². The van der Waals surface area contributed by atoms with E-state index >= 15 is 0 Å². The highest BCUT2D eigenvalue weighted by atomic mass is 32.2. The van der Waals surface area contributed by atoms with E-state index < -0.39 is 4.08 Å². The molecule has 0 spiro atoms. The van der Waals surface area contributed by atoms with Gasteiger partial charge in [0.15, 0.2) is 4.08 Å². The maximum Gasteiger partial charge on any atom is 0.340 e. The number of rotatable bonds is 7. The molecule has 1 heterocycles. The smallest absolute Gasteiger partial charge is 0.340 e. The minimum Gasteiger partial charge on any atom is -0.429 e. The average Bonchev–Trinajstić information content (AvgIpc) is 2.78. The number of benzene rings is 2. The molecule has 30 heavy (non-hydrogen) atoms. The van der Waals surface area contributed by atoms with E-state index in [1.165, 1.54) is 5.57 Å². The minimum atomic E-state index is -0.689. The van der Waals surface area contributed by atoms with Crippen LogP contribution in [0.25, 0.3) is 0 Å². The molecule has 0 amide bonds. The van der Waals surface area contributed by atoms with E-state index in [1.54, 1.807) is 23.5 Å². The van der Waals surface area contributed by atoms with Crippen molar-refractivity contribution in [3.8, 4) is 0 Å². The van der Waals surface area contributed by atoms with Crippen LogP contribution in [0.3, 0.4) is 0 Å². The molecule has 1 aliphatic carbocycles. The number of thioether (sulfide) groups is 2. The first kappa shape index (κ1) is 21.4. The molecule has 158 valence electrons. The number of carbonyl (C=O) groups is 1.